The number of fused-ring (bicyclic) bond motifs is 1. The number of methoxy groups -OCH3 is 1. The Kier molecular flexibility index (Phi) is 4.14. The Morgan fingerprint density at radius 3 is 2.57 bits per heavy atom. The van der Waals surface area contributed by atoms with Gasteiger partial charge in [-0.3, -0.25) is 0 Å². The molecule has 2 rings (SSSR count). The van der Waals surface area contributed by atoms with Crippen molar-refractivity contribution in [1.29, 1.82) is 5.26 Å². The van der Waals surface area contributed by atoms with Crippen LogP contribution in [0, 0.1) is 11.3 Å². The Balaban J connectivity index is 2.90. The number of nitrogens with two attached hydrogens (primary N) is 1. The first-order chi connectivity index (χ1) is 10.8. The fourth-order valence-corrected chi connectivity index (χ4v) is 2.18. The second-order valence-corrected chi connectivity index (χ2v) is 5.92. The van der Waals surface area contributed by atoms with Gasteiger partial charge in [0.05, 0.1) is 19.4 Å². The summed E-state index contributed by atoms with van der Waals surface area (Å²) in [6.07, 6.45) is 0. The van der Waals surface area contributed by atoms with Crippen molar-refractivity contribution in [2.45, 2.75) is 33.1 Å². The summed E-state index contributed by atoms with van der Waals surface area (Å²) in [5.41, 5.74) is 6.33. The maximum Gasteiger partial charge on any atom is 0.359 e. The maximum absolute atomic E-state index is 12.2. The van der Waals surface area contributed by atoms with Gasteiger partial charge in [-0.25, -0.2) is 9.31 Å². The monoisotopic (exact) mass is 317 g/mol. The van der Waals surface area contributed by atoms with E-state index in [1.165, 1.54) is 11.6 Å². The van der Waals surface area contributed by atoms with Crippen LogP contribution < -0.4 is 10.5 Å². The van der Waals surface area contributed by atoms with Gasteiger partial charge in [0.1, 0.15) is 17.3 Å². The summed E-state index contributed by atoms with van der Waals surface area (Å²) in [5, 5.41) is 13.8. The van der Waals surface area contributed by atoms with Crippen molar-refractivity contribution < 1.29 is 14.3 Å². The molecule has 0 spiro atoms. The molecule has 2 aromatic rings. The fraction of sp³-hybridized carbons (Fsp3) is 0.467. The predicted octanol–water partition coefficient (Wildman–Crippen LogP) is 1.67. The molecule has 8 heteroatoms. The number of esters is 1. The Bertz CT molecular complexity index is 811. The van der Waals surface area contributed by atoms with Crippen molar-refractivity contribution in [3.63, 3.8) is 0 Å². The Hall–Kier alpha value is -2.82. The lowest BCUT2D eigenvalue weighted by Crippen LogP contribution is -2.20. The van der Waals surface area contributed by atoms with Crippen molar-refractivity contribution in [2.24, 2.45) is 0 Å². The van der Waals surface area contributed by atoms with Crippen LogP contribution >= 0.6 is 0 Å². The lowest BCUT2D eigenvalue weighted by molar-refractivity contribution is 0.0518. The van der Waals surface area contributed by atoms with Crippen molar-refractivity contribution in [1.82, 2.24) is 14.6 Å². The minimum Gasteiger partial charge on any atom is -0.480 e. The van der Waals surface area contributed by atoms with E-state index >= 15 is 0 Å². The molecule has 0 unspecified atom stereocenters. The highest BCUT2D eigenvalue weighted by atomic mass is 16.5. The molecular formula is C15H19N5O3. The molecule has 2 heterocycles. The van der Waals surface area contributed by atoms with Gasteiger partial charge in [0, 0.05) is 5.41 Å². The summed E-state index contributed by atoms with van der Waals surface area (Å²) in [6, 6.07) is 1.95. The number of aromatic nitrogens is 3. The number of anilines is 1. The normalized spacial score (nSPS) is 11.3. The number of carbonyl (C=O) groups excluding carboxylic acids is 1. The highest BCUT2D eigenvalue weighted by Crippen LogP contribution is 2.31. The van der Waals surface area contributed by atoms with Crippen molar-refractivity contribution in [2.75, 3.05) is 19.5 Å². The average Bonchev–Trinajstić information content (AvgIpc) is 2.75. The molecule has 8 nitrogen and oxygen atoms in total. The summed E-state index contributed by atoms with van der Waals surface area (Å²) in [5.74, 6) is -0.366. The summed E-state index contributed by atoms with van der Waals surface area (Å²) < 4.78 is 11.6. The first kappa shape index (κ1) is 16.5. The highest BCUT2D eigenvalue weighted by Gasteiger charge is 2.29. The number of nitrogens with zero attached hydrogens (tertiary/aromatic N) is 4. The molecule has 0 radical (unpaired) electrons. The van der Waals surface area contributed by atoms with Crippen LogP contribution in [0.25, 0.3) is 5.65 Å². The topological polar surface area (TPSA) is 116 Å². The van der Waals surface area contributed by atoms with E-state index in [-0.39, 0.29) is 40.5 Å². The van der Waals surface area contributed by atoms with Gasteiger partial charge in [0.15, 0.2) is 11.3 Å². The SMILES string of the molecule is CCOC(=O)c1c(N)c(C#N)c2nc(OC)c(C(C)(C)C)nn12. The molecule has 0 saturated heterocycles. The van der Waals surface area contributed by atoms with Gasteiger partial charge >= 0.3 is 5.97 Å². The average molecular weight is 317 g/mol. The van der Waals surface area contributed by atoms with Gasteiger partial charge in [0.25, 0.3) is 0 Å². The molecular weight excluding hydrogens is 298 g/mol. The first-order valence-corrected chi connectivity index (χ1v) is 7.10. The molecule has 0 aromatic carbocycles. The van der Waals surface area contributed by atoms with Crippen LogP contribution in [0.15, 0.2) is 0 Å². The summed E-state index contributed by atoms with van der Waals surface area (Å²) in [7, 11) is 1.47. The molecule has 23 heavy (non-hydrogen) atoms. The highest BCUT2D eigenvalue weighted by molar-refractivity contribution is 5.97. The lowest BCUT2D eigenvalue weighted by Gasteiger charge is -2.19. The van der Waals surface area contributed by atoms with E-state index in [9.17, 15) is 10.1 Å². The lowest BCUT2D eigenvalue weighted by atomic mass is 9.92. The molecule has 0 amide bonds. The molecule has 0 bridgehead atoms. The maximum atomic E-state index is 12.2. The van der Waals surface area contributed by atoms with Crippen molar-refractivity contribution >= 4 is 17.3 Å². The predicted molar refractivity (Wildman–Crippen MR) is 83.3 cm³/mol. The molecule has 0 aliphatic carbocycles. The zero-order valence-electron chi connectivity index (χ0n) is 13.8. The first-order valence-electron chi connectivity index (χ1n) is 7.10. The van der Waals surface area contributed by atoms with Crippen LogP contribution in [0.5, 0.6) is 5.88 Å². The number of hydrogen-bond donors (Lipinski definition) is 1. The van der Waals surface area contributed by atoms with Gasteiger partial charge in [-0.05, 0) is 6.92 Å². The zero-order chi connectivity index (χ0) is 17.4. The Morgan fingerprint density at radius 1 is 1.43 bits per heavy atom. The summed E-state index contributed by atoms with van der Waals surface area (Å²) in [6.45, 7) is 7.68. The molecule has 2 N–H and O–H groups in total. The van der Waals surface area contributed by atoms with E-state index < -0.39 is 5.97 Å². The van der Waals surface area contributed by atoms with Crippen LogP contribution in [-0.4, -0.2) is 34.3 Å². The third-order valence-electron chi connectivity index (χ3n) is 3.25. The molecule has 0 aliphatic rings. The van der Waals surface area contributed by atoms with E-state index in [4.69, 9.17) is 15.2 Å². The second-order valence-electron chi connectivity index (χ2n) is 5.92. The fourth-order valence-electron chi connectivity index (χ4n) is 2.18. The summed E-state index contributed by atoms with van der Waals surface area (Å²) >= 11 is 0. The van der Waals surface area contributed by atoms with Crippen LogP contribution in [0.4, 0.5) is 5.69 Å². The minimum atomic E-state index is -0.652. The van der Waals surface area contributed by atoms with Crippen LogP contribution in [-0.2, 0) is 10.2 Å². The molecule has 0 atom stereocenters. The van der Waals surface area contributed by atoms with Crippen molar-refractivity contribution in [3.8, 4) is 11.9 Å². The zero-order valence-corrected chi connectivity index (χ0v) is 13.8. The molecule has 0 saturated carbocycles. The Labute approximate surface area is 133 Å². The second kappa shape index (κ2) is 5.76. The standard InChI is InChI=1S/C15H19N5O3/c1-6-23-14(21)10-9(17)8(7-16)12-18-13(22-5)11(15(2,3)4)19-20(10)12/h6,17H2,1-5H3. The quantitative estimate of drug-likeness (QED) is 0.856. The molecule has 0 fully saturated rings. The number of carbonyl (C=O) groups is 1. The molecule has 2 aromatic heterocycles. The van der Waals surface area contributed by atoms with E-state index in [1.807, 2.05) is 26.8 Å². The van der Waals surface area contributed by atoms with E-state index in [2.05, 4.69) is 10.1 Å². The summed E-state index contributed by atoms with van der Waals surface area (Å²) in [4.78, 5) is 16.5. The van der Waals surface area contributed by atoms with Crippen LogP contribution in [0.3, 0.4) is 0 Å². The van der Waals surface area contributed by atoms with Crippen LogP contribution in [0.2, 0.25) is 0 Å². The smallest absolute Gasteiger partial charge is 0.359 e. The van der Waals surface area contributed by atoms with Gasteiger partial charge in [-0.1, -0.05) is 20.8 Å². The van der Waals surface area contributed by atoms with E-state index in [0.29, 0.717) is 5.69 Å². The van der Waals surface area contributed by atoms with Gasteiger partial charge in [0.2, 0.25) is 5.88 Å². The molecule has 0 aliphatic heterocycles. The number of hydrogen-bond acceptors (Lipinski definition) is 7. The number of nitriles is 1. The van der Waals surface area contributed by atoms with Gasteiger partial charge in [-0.15, -0.1) is 0 Å². The van der Waals surface area contributed by atoms with Gasteiger partial charge in [-0.2, -0.15) is 15.3 Å². The molecule has 122 valence electrons. The number of nitrogen functional groups attached to an aromatic ring is 1. The Morgan fingerprint density at radius 2 is 2.09 bits per heavy atom. The van der Waals surface area contributed by atoms with E-state index in [0.717, 1.165) is 0 Å². The number of rotatable bonds is 3. The minimum absolute atomic E-state index is 0.000868. The van der Waals surface area contributed by atoms with Crippen molar-refractivity contribution in [3.05, 3.63) is 17.0 Å². The largest absolute Gasteiger partial charge is 0.480 e. The third kappa shape index (κ3) is 2.65. The van der Waals surface area contributed by atoms with E-state index in [1.54, 1.807) is 6.92 Å². The van der Waals surface area contributed by atoms with Gasteiger partial charge < -0.3 is 15.2 Å². The number of ether oxygens (including phenoxy) is 2. The third-order valence-corrected chi connectivity index (χ3v) is 3.25. The van der Waals surface area contributed by atoms with Crippen LogP contribution in [0.1, 0.15) is 49.4 Å².